The second-order valence-corrected chi connectivity index (χ2v) is 16.6. The van der Waals surface area contributed by atoms with E-state index in [1.807, 2.05) is 6.07 Å². The molecule has 2 nitrogen and oxygen atoms in total. The van der Waals surface area contributed by atoms with Crippen LogP contribution in [0.1, 0.15) is 49.9 Å². The Hall–Kier alpha value is -6.64. The largest absolute Gasteiger partial charge is 0.228 e. The standard InChI is InChI=1S/C54H40N2/c1-53(2)46-21-13-12-20-41(46)42-26-24-36(31-47(42)53)49-32-50(56-52(55-49)34-15-6-5-7-16-34)44-29-28-37(39-18-10-11-19-40(39)44)35-23-25-43-45-27-22-33-14-8-9-17-38(33)51(45)54(3,4)48(43)30-35/h5-32H,1-4H3. The molecule has 1 heterocycles. The van der Waals surface area contributed by atoms with Gasteiger partial charge in [-0.15, -0.1) is 0 Å². The summed E-state index contributed by atoms with van der Waals surface area (Å²) in [4.78, 5) is 10.5. The Kier molecular flexibility index (Phi) is 6.98. The van der Waals surface area contributed by atoms with Gasteiger partial charge in [-0.05, 0) is 95.4 Å². The second kappa shape index (κ2) is 11.9. The highest BCUT2D eigenvalue weighted by Crippen LogP contribution is 2.53. The van der Waals surface area contributed by atoms with E-state index in [0.717, 1.165) is 33.9 Å². The van der Waals surface area contributed by atoms with Crippen LogP contribution in [0.4, 0.5) is 0 Å². The van der Waals surface area contributed by atoms with Crippen molar-refractivity contribution in [1.29, 1.82) is 0 Å². The molecular formula is C54H40N2. The summed E-state index contributed by atoms with van der Waals surface area (Å²) >= 11 is 0. The molecule has 2 aliphatic carbocycles. The van der Waals surface area contributed by atoms with Crippen molar-refractivity contribution in [1.82, 2.24) is 9.97 Å². The van der Waals surface area contributed by atoms with Gasteiger partial charge in [0.2, 0.25) is 0 Å². The fourth-order valence-corrected chi connectivity index (χ4v) is 9.85. The Morgan fingerprint density at radius 1 is 0.339 bits per heavy atom. The number of aromatic nitrogens is 2. The van der Waals surface area contributed by atoms with E-state index in [2.05, 4.69) is 191 Å². The SMILES string of the molecule is CC1(C)c2ccccc2-c2ccc(-c3cc(-c4ccc(-c5ccc6c(c5)C(C)(C)c5c-6ccc6ccccc56)c5ccccc45)nc(-c4ccccc4)n3)cc21. The predicted octanol–water partition coefficient (Wildman–Crippen LogP) is 14.1. The predicted molar refractivity (Wildman–Crippen MR) is 234 cm³/mol. The van der Waals surface area contributed by atoms with Crippen LogP contribution in [0.2, 0.25) is 0 Å². The topological polar surface area (TPSA) is 25.8 Å². The molecule has 0 spiro atoms. The van der Waals surface area contributed by atoms with Gasteiger partial charge in [-0.25, -0.2) is 9.97 Å². The van der Waals surface area contributed by atoms with Gasteiger partial charge < -0.3 is 0 Å². The van der Waals surface area contributed by atoms with Crippen LogP contribution in [0.3, 0.4) is 0 Å². The average molecular weight is 717 g/mol. The molecule has 2 aliphatic rings. The van der Waals surface area contributed by atoms with Gasteiger partial charge in [0.25, 0.3) is 0 Å². The lowest BCUT2D eigenvalue weighted by Crippen LogP contribution is -2.15. The van der Waals surface area contributed by atoms with E-state index in [-0.39, 0.29) is 10.8 Å². The molecule has 11 rings (SSSR count). The van der Waals surface area contributed by atoms with Crippen LogP contribution in [-0.4, -0.2) is 9.97 Å². The number of nitrogens with zero attached hydrogens (tertiary/aromatic N) is 2. The number of hydrogen-bond donors (Lipinski definition) is 0. The van der Waals surface area contributed by atoms with Crippen LogP contribution in [0.15, 0.2) is 170 Å². The lowest BCUT2D eigenvalue weighted by molar-refractivity contribution is 0.660. The first-order chi connectivity index (χ1) is 27.3. The first kappa shape index (κ1) is 32.8. The van der Waals surface area contributed by atoms with E-state index in [1.54, 1.807) is 0 Å². The molecule has 0 fully saturated rings. The summed E-state index contributed by atoms with van der Waals surface area (Å²) in [6, 6.07) is 62.1. The van der Waals surface area contributed by atoms with Crippen molar-refractivity contribution in [3.63, 3.8) is 0 Å². The maximum absolute atomic E-state index is 5.29. The van der Waals surface area contributed by atoms with Crippen molar-refractivity contribution < 1.29 is 0 Å². The summed E-state index contributed by atoms with van der Waals surface area (Å²) in [6.07, 6.45) is 0. The molecule has 9 aromatic rings. The summed E-state index contributed by atoms with van der Waals surface area (Å²) in [5, 5.41) is 5.02. The van der Waals surface area contributed by atoms with Crippen LogP contribution < -0.4 is 0 Å². The minimum Gasteiger partial charge on any atom is -0.228 e. The maximum atomic E-state index is 5.29. The molecule has 0 N–H and O–H groups in total. The van der Waals surface area contributed by atoms with E-state index in [9.17, 15) is 0 Å². The molecule has 0 amide bonds. The molecule has 0 radical (unpaired) electrons. The van der Waals surface area contributed by atoms with Crippen LogP contribution in [0.25, 0.3) is 88.8 Å². The zero-order valence-electron chi connectivity index (χ0n) is 32.1. The van der Waals surface area contributed by atoms with Crippen LogP contribution in [0.5, 0.6) is 0 Å². The molecule has 0 atom stereocenters. The summed E-state index contributed by atoms with van der Waals surface area (Å²) in [5.74, 6) is 0.724. The highest BCUT2D eigenvalue weighted by Gasteiger charge is 2.38. The summed E-state index contributed by atoms with van der Waals surface area (Å²) in [5.41, 5.74) is 18.1. The fraction of sp³-hybridized carbons (Fsp3) is 0.111. The zero-order chi connectivity index (χ0) is 37.8. The van der Waals surface area contributed by atoms with Crippen molar-refractivity contribution in [3.05, 3.63) is 192 Å². The Morgan fingerprint density at radius 3 is 1.71 bits per heavy atom. The van der Waals surface area contributed by atoms with Crippen LogP contribution in [-0.2, 0) is 10.8 Å². The molecule has 0 saturated heterocycles. The van der Waals surface area contributed by atoms with Gasteiger partial charge in [-0.1, -0.05) is 179 Å². The van der Waals surface area contributed by atoms with Gasteiger partial charge in [-0.2, -0.15) is 0 Å². The van der Waals surface area contributed by atoms with Crippen molar-refractivity contribution in [2.75, 3.05) is 0 Å². The average Bonchev–Trinajstić information content (AvgIpc) is 3.62. The minimum absolute atomic E-state index is 0.102. The Balaban J connectivity index is 1.06. The highest BCUT2D eigenvalue weighted by atomic mass is 14.9. The molecule has 266 valence electrons. The number of rotatable bonds is 4. The van der Waals surface area contributed by atoms with Crippen LogP contribution >= 0.6 is 0 Å². The third kappa shape index (κ3) is 4.75. The number of hydrogen-bond acceptors (Lipinski definition) is 2. The molecule has 2 heteroatoms. The second-order valence-electron chi connectivity index (χ2n) is 16.6. The molecule has 0 unspecified atom stereocenters. The van der Waals surface area contributed by atoms with E-state index in [0.29, 0.717) is 0 Å². The third-order valence-corrected chi connectivity index (χ3v) is 12.7. The first-order valence-electron chi connectivity index (χ1n) is 19.7. The minimum atomic E-state index is -0.127. The maximum Gasteiger partial charge on any atom is 0.160 e. The van der Waals surface area contributed by atoms with Gasteiger partial charge in [0.05, 0.1) is 11.4 Å². The Bertz CT molecular complexity index is 3080. The summed E-state index contributed by atoms with van der Waals surface area (Å²) in [7, 11) is 0. The Morgan fingerprint density at radius 2 is 0.893 bits per heavy atom. The van der Waals surface area contributed by atoms with Gasteiger partial charge in [0.1, 0.15) is 0 Å². The lowest BCUT2D eigenvalue weighted by atomic mass is 9.79. The van der Waals surface area contributed by atoms with Crippen LogP contribution in [0, 0.1) is 0 Å². The van der Waals surface area contributed by atoms with E-state index < -0.39 is 0 Å². The number of fused-ring (bicyclic) bond motifs is 9. The quantitative estimate of drug-likeness (QED) is 0.181. The molecule has 1 aromatic heterocycles. The fourth-order valence-electron chi connectivity index (χ4n) is 9.85. The molecule has 0 bridgehead atoms. The normalized spacial score (nSPS) is 14.4. The monoisotopic (exact) mass is 716 g/mol. The lowest BCUT2D eigenvalue weighted by Gasteiger charge is -2.24. The van der Waals surface area contributed by atoms with Crippen molar-refractivity contribution >= 4 is 21.5 Å². The van der Waals surface area contributed by atoms with E-state index >= 15 is 0 Å². The molecule has 8 aromatic carbocycles. The molecule has 56 heavy (non-hydrogen) atoms. The summed E-state index contributed by atoms with van der Waals surface area (Å²) in [6.45, 7) is 9.43. The highest BCUT2D eigenvalue weighted by molar-refractivity contribution is 6.06. The van der Waals surface area contributed by atoms with Crippen molar-refractivity contribution in [3.8, 4) is 67.3 Å². The zero-order valence-corrected chi connectivity index (χ0v) is 32.1. The van der Waals surface area contributed by atoms with Gasteiger partial charge in [-0.3, -0.25) is 0 Å². The van der Waals surface area contributed by atoms with E-state index in [1.165, 1.54) is 77.2 Å². The van der Waals surface area contributed by atoms with Gasteiger partial charge in [0.15, 0.2) is 5.82 Å². The molecule has 0 aliphatic heterocycles. The van der Waals surface area contributed by atoms with Gasteiger partial charge >= 0.3 is 0 Å². The molecular weight excluding hydrogens is 677 g/mol. The smallest absolute Gasteiger partial charge is 0.160 e. The van der Waals surface area contributed by atoms with E-state index in [4.69, 9.17) is 9.97 Å². The third-order valence-electron chi connectivity index (χ3n) is 12.7. The number of benzene rings is 8. The van der Waals surface area contributed by atoms with Crippen molar-refractivity contribution in [2.45, 2.75) is 38.5 Å². The Labute approximate surface area is 328 Å². The molecule has 0 saturated carbocycles. The van der Waals surface area contributed by atoms with Crippen molar-refractivity contribution in [2.24, 2.45) is 0 Å². The van der Waals surface area contributed by atoms with Gasteiger partial charge in [0, 0.05) is 27.5 Å². The summed E-state index contributed by atoms with van der Waals surface area (Å²) < 4.78 is 0. The first-order valence-corrected chi connectivity index (χ1v) is 19.7.